The van der Waals surface area contributed by atoms with Crippen molar-refractivity contribution in [2.24, 2.45) is 0 Å². The number of carbonyl (C=O) groups excluding carboxylic acids is 2. The SMILES string of the molecule is CC(=O)C1=C([O-])CCC1.CC(=O)C1=C([O-])CCC1.[Pd+2]. The van der Waals surface area contributed by atoms with Crippen molar-refractivity contribution in [1.82, 2.24) is 0 Å². The second-order valence-electron chi connectivity index (χ2n) is 4.62. The molecular formula is C14H18O4Pd. The van der Waals surface area contributed by atoms with Crippen LogP contribution in [0.5, 0.6) is 0 Å². The Bertz CT molecular complexity index is 381. The number of hydrogen-bond donors (Lipinski definition) is 0. The van der Waals surface area contributed by atoms with E-state index in [1.54, 1.807) is 0 Å². The van der Waals surface area contributed by atoms with Gasteiger partial charge in [0.05, 0.1) is 0 Å². The zero-order chi connectivity index (χ0) is 13.7. The van der Waals surface area contributed by atoms with Crippen molar-refractivity contribution in [3.63, 3.8) is 0 Å². The first-order valence-electron chi connectivity index (χ1n) is 6.23. The molecule has 0 spiro atoms. The molecule has 2 aliphatic carbocycles. The third kappa shape index (κ3) is 5.30. The molecule has 0 saturated heterocycles. The van der Waals surface area contributed by atoms with Gasteiger partial charge < -0.3 is 10.2 Å². The number of Topliss-reactive ketones (excluding diaryl/α,β-unsaturated/α-hetero) is 2. The van der Waals surface area contributed by atoms with Gasteiger partial charge in [-0.2, -0.15) is 0 Å². The van der Waals surface area contributed by atoms with Crippen molar-refractivity contribution in [3.05, 3.63) is 22.7 Å². The normalized spacial score (nSPS) is 17.8. The topological polar surface area (TPSA) is 80.3 Å². The Balaban J connectivity index is 0.000000324. The van der Waals surface area contributed by atoms with Crippen molar-refractivity contribution in [2.75, 3.05) is 0 Å². The van der Waals surface area contributed by atoms with E-state index in [2.05, 4.69) is 0 Å². The Morgan fingerprint density at radius 2 is 1.11 bits per heavy atom. The van der Waals surface area contributed by atoms with Gasteiger partial charge in [-0.05, 0) is 63.5 Å². The van der Waals surface area contributed by atoms with Crippen LogP contribution in [0, 0.1) is 0 Å². The molecule has 0 amide bonds. The first kappa shape index (κ1) is 18.1. The van der Waals surface area contributed by atoms with Gasteiger partial charge in [0.25, 0.3) is 0 Å². The van der Waals surface area contributed by atoms with Crippen LogP contribution in [0.25, 0.3) is 0 Å². The molecule has 5 heteroatoms. The number of rotatable bonds is 2. The van der Waals surface area contributed by atoms with E-state index in [4.69, 9.17) is 0 Å². The maximum atomic E-state index is 10.8. The summed E-state index contributed by atoms with van der Waals surface area (Å²) in [6.45, 7) is 2.91. The van der Waals surface area contributed by atoms with E-state index in [1.807, 2.05) is 0 Å². The van der Waals surface area contributed by atoms with Crippen molar-refractivity contribution in [2.45, 2.75) is 52.4 Å². The minimum atomic E-state index is -0.0440. The summed E-state index contributed by atoms with van der Waals surface area (Å²) in [5, 5.41) is 21.5. The Hall–Kier alpha value is -0.918. The van der Waals surface area contributed by atoms with Gasteiger partial charge in [-0.3, -0.25) is 9.59 Å². The van der Waals surface area contributed by atoms with Crippen LogP contribution in [0.4, 0.5) is 0 Å². The van der Waals surface area contributed by atoms with Crippen LogP contribution in [0.2, 0.25) is 0 Å². The monoisotopic (exact) mass is 356 g/mol. The molecule has 0 saturated carbocycles. The Morgan fingerprint density at radius 3 is 1.21 bits per heavy atom. The molecule has 0 aromatic heterocycles. The van der Waals surface area contributed by atoms with E-state index in [0.717, 1.165) is 12.8 Å². The molecular weight excluding hydrogens is 339 g/mol. The summed E-state index contributed by atoms with van der Waals surface area (Å²) in [5.41, 5.74) is 1.05. The third-order valence-corrected chi connectivity index (χ3v) is 3.18. The molecule has 0 heterocycles. The van der Waals surface area contributed by atoms with E-state index in [-0.39, 0.29) is 43.5 Å². The van der Waals surface area contributed by atoms with Crippen LogP contribution >= 0.6 is 0 Å². The molecule has 0 fully saturated rings. The van der Waals surface area contributed by atoms with E-state index in [1.165, 1.54) is 13.8 Å². The van der Waals surface area contributed by atoms with E-state index >= 15 is 0 Å². The second-order valence-corrected chi connectivity index (χ2v) is 4.62. The van der Waals surface area contributed by atoms with Crippen molar-refractivity contribution >= 4 is 11.6 Å². The maximum absolute atomic E-state index is 10.8. The summed E-state index contributed by atoms with van der Waals surface area (Å²) in [7, 11) is 0. The van der Waals surface area contributed by atoms with Crippen molar-refractivity contribution < 1.29 is 40.2 Å². The Kier molecular flexibility index (Phi) is 7.89. The van der Waals surface area contributed by atoms with Crippen molar-refractivity contribution in [3.8, 4) is 0 Å². The fraction of sp³-hybridized carbons (Fsp3) is 0.571. The van der Waals surface area contributed by atoms with Crippen molar-refractivity contribution in [1.29, 1.82) is 0 Å². The molecule has 0 aromatic carbocycles. The first-order chi connectivity index (χ1) is 8.43. The van der Waals surface area contributed by atoms with E-state index in [0.29, 0.717) is 36.8 Å². The maximum Gasteiger partial charge on any atom is 2.00 e. The van der Waals surface area contributed by atoms with Gasteiger partial charge in [-0.15, -0.1) is 11.5 Å². The average Bonchev–Trinajstić information content (AvgIpc) is 2.87. The fourth-order valence-corrected chi connectivity index (χ4v) is 2.18. The quantitative estimate of drug-likeness (QED) is 0.684. The van der Waals surface area contributed by atoms with Gasteiger partial charge in [-0.25, -0.2) is 0 Å². The van der Waals surface area contributed by atoms with Crippen LogP contribution in [-0.2, 0) is 30.0 Å². The largest absolute Gasteiger partial charge is 2.00 e. The fourth-order valence-electron chi connectivity index (χ4n) is 2.18. The summed E-state index contributed by atoms with van der Waals surface area (Å²) in [4.78, 5) is 21.2. The van der Waals surface area contributed by atoms with E-state index in [9.17, 15) is 19.8 Å². The Labute approximate surface area is 127 Å². The number of carbonyl (C=O) groups is 2. The second kappa shape index (κ2) is 8.29. The molecule has 0 bridgehead atoms. The molecule has 0 aromatic rings. The van der Waals surface area contributed by atoms with Gasteiger partial charge in [0.1, 0.15) is 0 Å². The van der Waals surface area contributed by atoms with Gasteiger partial charge in [0.2, 0.25) is 0 Å². The zero-order valence-corrected chi connectivity index (χ0v) is 12.7. The van der Waals surface area contributed by atoms with E-state index < -0.39 is 0 Å². The predicted molar refractivity (Wildman–Crippen MR) is 63.1 cm³/mol. The third-order valence-electron chi connectivity index (χ3n) is 3.18. The minimum absolute atomic E-state index is 0. The Morgan fingerprint density at radius 1 is 0.789 bits per heavy atom. The smallest absolute Gasteiger partial charge is 0.875 e. The zero-order valence-electron chi connectivity index (χ0n) is 11.2. The first-order valence-corrected chi connectivity index (χ1v) is 6.23. The molecule has 4 nitrogen and oxygen atoms in total. The molecule has 0 atom stereocenters. The van der Waals surface area contributed by atoms with Gasteiger partial charge in [0.15, 0.2) is 11.6 Å². The molecule has 108 valence electrons. The van der Waals surface area contributed by atoms with Gasteiger partial charge in [-0.1, -0.05) is 0 Å². The van der Waals surface area contributed by atoms with Crippen LogP contribution < -0.4 is 10.2 Å². The summed E-state index contributed by atoms with van der Waals surface area (Å²) in [6.07, 6.45) is 4.30. The van der Waals surface area contributed by atoms with Gasteiger partial charge in [0, 0.05) is 0 Å². The standard InChI is InChI=1S/2C7H10O2.Pd/c2*1-5(8)6-3-2-4-7(6)9;/h2*9H,2-4H2,1H3;/q;;+2/p-2. The number of ketones is 2. The number of allylic oxidation sites excluding steroid dienone is 4. The molecule has 0 aliphatic heterocycles. The summed E-state index contributed by atoms with van der Waals surface area (Å²) in [5.74, 6) is 0.0278. The minimum Gasteiger partial charge on any atom is -0.875 e. The molecule has 0 unspecified atom stereocenters. The molecule has 2 aliphatic rings. The molecule has 19 heavy (non-hydrogen) atoms. The average molecular weight is 357 g/mol. The molecule has 0 radical (unpaired) electrons. The van der Waals surface area contributed by atoms with Crippen LogP contribution in [0.3, 0.4) is 0 Å². The number of hydrogen-bond acceptors (Lipinski definition) is 4. The van der Waals surface area contributed by atoms with Gasteiger partial charge >= 0.3 is 20.4 Å². The predicted octanol–water partition coefficient (Wildman–Crippen LogP) is 0.745. The summed E-state index contributed by atoms with van der Waals surface area (Å²) < 4.78 is 0. The molecule has 2 rings (SSSR count). The van der Waals surface area contributed by atoms with Crippen LogP contribution in [-0.4, -0.2) is 11.6 Å². The summed E-state index contributed by atoms with van der Waals surface area (Å²) in [6, 6.07) is 0. The van der Waals surface area contributed by atoms with Crippen LogP contribution in [0.1, 0.15) is 52.4 Å². The molecule has 0 N–H and O–H groups in total. The van der Waals surface area contributed by atoms with Crippen LogP contribution in [0.15, 0.2) is 22.7 Å². The summed E-state index contributed by atoms with van der Waals surface area (Å²) >= 11 is 0.